The van der Waals surface area contributed by atoms with E-state index in [0.717, 1.165) is 16.9 Å². The van der Waals surface area contributed by atoms with Gasteiger partial charge in [0.15, 0.2) is 0 Å². The van der Waals surface area contributed by atoms with Crippen LogP contribution in [0.4, 0.5) is 17.5 Å². The topological polar surface area (TPSA) is 61.3 Å². The number of hydrogen-bond donors (Lipinski definition) is 2. The summed E-state index contributed by atoms with van der Waals surface area (Å²) in [5, 5.41) is 14.5. The highest BCUT2D eigenvalue weighted by molar-refractivity contribution is 5.95. The van der Waals surface area contributed by atoms with Gasteiger partial charge >= 0.3 is 0 Å². The molecule has 1 aromatic heterocycles. The van der Waals surface area contributed by atoms with Crippen molar-refractivity contribution in [3.05, 3.63) is 48.5 Å². The molecule has 26 heavy (non-hydrogen) atoms. The molecule has 1 aliphatic rings. The molecule has 0 radical (unpaired) electrons. The maximum absolute atomic E-state index is 10.3. The molecule has 3 aromatic rings. The van der Waals surface area contributed by atoms with E-state index in [1.807, 2.05) is 42.5 Å². The minimum absolute atomic E-state index is 0.180. The zero-order chi connectivity index (χ0) is 17.9. The van der Waals surface area contributed by atoms with Crippen LogP contribution in [0.15, 0.2) is 48.5 Å². The van der Waals surface area contributed by atoms with Crippen molar-refractivity contribution in [3.63, 3.8) is 0 Å². The molecule has 0 unspecified atom stereocenters. The Bertz CT molecular complexity index is 891. The maximum Gasteiger partial charge on any atom is 0.228 e. The molecule has 0 bridgehead atoms. The van der Waals surface area contributed by atoms with E-state index in [4.69, 9.17) is 4.98 Å². The summed E-state index contributed by atoms with van der Waals surface area (Å²) in [6.07, 6.45) is 6.15. The van der Waals surface area contributed by atoms with Crippen molar-refractivity contribution in [2.75, 3.05) is 17.3 Å². The molecule has 5 heteroatoms. The van der Waals surface area contributed by atoms with Crippen molar-refractivity contribution >= 4 is 28.4 Å². The Kier molecular flexibility index (Phi) is 4.61. The number of anilines is 3. The predicted octanol–water partition coefficient (Wildman–Crippen LogP) is 4.85. The minimum Gasteiger partial charge on any atom is -0.506 e. The molecule has 2 N–H and O–H groups in total. The largest absolute Gasteiger partial charge is 0.506 e. The van der Waals surface area contributed by atoms with Gasteiger partial charge in [0.2, 0.25) is 5.95 Å². The fourth-order valence-electron chi connectivity index (χ4n) is 3.67. The smallest absolute Gasteiger partial charge is 0.228 e. The van der Waals surface area contributed by atoms with Crippen molar-refractivity contribution in [2.24, 2.45) is 0 Å². The number of phenols is 1. The summed E-state index contributed by atoms with van der Waals surface area (Å²) in [4.78, 5) is 11.6. The first-order valence-electron chi connectivity index (χ1n) is 9.27. The van der Waals surface area contributed by atoms with E-state index in [0.29, 0.717) is 17.5 Å². The predicted molar refractivity (Wildman–Crippen MR) is 106 cm³/mol. The maximum atomic E-state index is 10.3. The Balaban J connectivity index is 1.77. The summed E-state index contributed by atoms with van der Waals surface area (Å²) in [6, 6.07) is 15.8. The molecule has 1 saturated carbocycles. The highest BCUT2D eigenvalue weighted by Crippen LogP contribution is 2.32. The third-order valence-electron chi connectivity index (χ3n) is 5.17. The van der Waals surface area contributed by atoms with Crippen LogP contribution in [0.1, 0.15) is 32.1 Å². The third-order valence-corrected chi connectivity index (χ3v) is 5.17. The van der Waals surface area contributed by atoms with Gasteiger partial charge in [-0.05, 0) is 37.1 Å². The van der Waals surface area contributed by atoms with Gasteiger partial charge in [0.1, 0.15) is 17.1 Å². The van der Waals surface area contributed by atoms with Crippen molar-refractivity contribution in [1.29, 1.82) is 0 Å². The molecule has 4 rings (SSSR count). The number of nitrogens with zero attached hydrogens (tertiary/aromatic N) is 3. The molecular formula is C21H24N4O. The van der Waals surface area contributed by atoms with E-state index < -0.39 is 0 Å². The van der Waals surface area contributed by atoms with Crippen LogP contribution >= 0.6 is 0 Å². The van der Waals surface area contributed by atoms with Gasteiger partial charge in [-0.1, -0.05) is 43.5 Å². The first-order chi connectivity index (χ1) is 12.7. The first kappa shape index (κ1) is 16.6. The van der Waals surface area contributed by atoms with E-state index >= 15 is 0 Å². The second kappa shape index (κ2) is 7.20. The van der Waals surface area contributed by atoms with Gasteiger partial charge in [0.05, 0.1) is 0 Å². The van der Waals surface area contributed by atoms with Gasteiger partial charge in [-0.25, -0.2) is 4.98 Å². The Morgan fingerprint density at radius 1 is 0.962 bits per heavy atom. The lowest BCUT2D eigenvalue weighted by Crippen LogP contribution is -2.34. The average molecular weight is 348 g/mol. The van der Waals surface area contributed by atoms with E-state index in [1.54, 1.807) is 6.07 Å². The van der Waals surface area contributed by atoms with E-state index in [9.17, 15) is 5.11 Å². The lowest BCUT2D eigenvalue weighted by atomic mass is 9.95. The summed E-state index contributed by atoms with van der Waals surface area (Å²) in [7, 11) is 2.06. The molecule has 1 fully saturated rings. The highest BCUT2D eigenvalue weighted by atomic mass is 16.3. The quantitative estimate of drug-likeness (QED) is 0.706. The third kappa shape index (κ3) is 3.29. The van der Waals surface area contributed by atoms with Gasteiger partial charge in [-0.2, -0.15) is 4.98 Å². The van der Waals surface area contributed by atoms with Crippen molar-refractivity contribution in [1.82, 2.24) is 9.97 Å². The first-order valence-corrected chi connectivity index (χ1v) is 9.27. The van der Waals surface area contributed by atoms with Crippen molar-refractivity contribution in [2.45, 2.75) is 38.1 Å². The van der Waals surface area contributed by atoms with Gasteiger partial charge in [-0.3, -0.25) is 0 Å². The zero-order valence-electron chi connectivity index (χ0n) is 15.0. The summed E-state index contributed by atoms with van der Waals surface area (Å²) in [6.45, 7) is 0. The highest BCUT2D eigenvalue weighted by Gasteiger charge is 2.22. The van der Waals surface area contributed by atoms with E-state index in [1.165, 1.54) is 32.1 Å². The number of fused-ring (bicyclic) bond motifs is 1. The summed E-state index contributed by atoms with van der Waals surface area (Å²) >= 11 is 0. The Labute approximate surface area is 153 Å². The molecule has 5 nitrogen and oxygen atoms in total. The molecule has 134 valence electrons. The number of nitrogens with one attached hydrogen (secondary N) is 1. The van der Waals surface area contributed by atoms with Gasteiger partial charge in [-0.15, -0.1) is 0 Å². The lowest BCUT2D eigenvalue weighted by Gasteiger charge is -2.31. The molecule has 0 aliphatic heterocycles. The van der Waals surface area contributed by atoms with Crippen molar-refractivity contribution in [3.8, 4) is 5.75 Å². The van der Waals surface area contributed by atoms with E-state index in [2.05, 4.69) is 22.2 Å². The molecule has 2 aromatic carbocycles. The number of phenolic OH excluding ortho intramolecular Hbond substituents is 1. The summed E-state index contributed by atoms with van der Waals surface area (Å²) in [5.74, 6) is 1.55. The van der Waals surface area contributed by atoms with Crippen LogP contribution in [0.25, 0.3) is 10.9 Å². The lowest BCUT2D eigenvalue weighted by molar-refractivity contribution is 0.424. The second-order valence-electron chi connectivity index (χ2n) is 6.94. The zero-order valence-corrected chi connectivity index (χ0v) is 15.0. The van der Waals surface area contributed by atoms with Crippen LogP contribution < -0.4 is 10.2 Å². The average Bonchev–Trinajstić information content (AvgIpc) is 2.69. The number of para-hydroxylation sites is 2. The SMILES string of the molecule is CN(c1nc(Nc2ccccc2)c2cccc(O)c2n1)C1CCCCC1. The normalized spacial score (nSPS) is 15.1. The van der Waals surface area contributed by atoms with Crippen molar-refractivity contribution < 1.29 is 5.11 Å². The van der Waals surface area contributed by atoms with Crippen LogP contribution in [0.3, 0.4) is 0 Å². The Morgan fingerprint density at radius 2 is 1.73 bits per heavy atom. The standard InChI is InChI=1S/C21H24N4O/c1-25(16-11-6-3-7-12-16)21-23-19-17(13-8-14-18(19)26)20(24-21)22-15-9-4-2-5-10-15/h2,4-5,8-10,13-14,16,26H,3,6-7,11-12H2,1H3,(H,22,23,24). The Hall–Kier alpha value is -2.82. The number of aromatic nitrogens is 2. The molecular weight excluding hydrogens is 324 g/mol. The van der Waals surface area contributed by atoms with Crippen LogP contribution in [-0.2, 0) is 0 Å². The van der Waals surface area contributed by atoms with Gasteiger partial charge in [0, 0.05) is 24.2 Å². The summed E-state index contributed by atoms with van der Waals surface area (Å²) < 4.78 is 0. The van der Waals surface area contributed by atoms with Gasteiger partial charge < -0.3 is 15.3 Å². The summed E-state index contributed by atoms with van der Waals surface area (Å²) in [5.41, 5.74) is 1.54. The monoisotopic (exact) mass is 348 g/mol. The van der Waals surface area contributed by atoms with Crippen LogP contribution in [-0.4, -0.2) is 28.2 Å². The Morgan fingerprint density at radius 3 is 2.50 bits per heavy atom. The van der Waals surface area contributed by atoms with Crippen LogP contribution in [0, 0.1) is 0 Å². The number of aromatic hydroxyl groups is 1. The molecule has 0 atom stereocenters. The molecule has 0 saturated heterocycles. The fourth-order valence-corrected chi connectivity index (χ4v) is 3.67. The van der Waals surface area contributed by atoms with Crippen LogP contribution in [0.5, 0.6) is 5.75 Å². The molecule has 1 heterocycles. The number of hydrogen-bond acceptors (Lipinski definition) is 5. The van der Waals surface area contributed by atoms with E-state index in [-0.39, 0.29) is 5.75 Å². The number of rotatable bonds is 4. The molecule has 0 amide bonds. The molecule has 0 spiro atoms. The van der Waals surface area contributed by atoms with Crippen LogP contribution in [0.2, 0.25) is 0 Å². The number of benzene rings is 2. The second-order valence-corrected chi connectivity index (χ2v) is 6.94. The fraction of sp³-hybridized carbons (Fsp3) is 0.333. The minimum atomic E-state index is 0.180. The van der Waals surface area contributed by atoms with Gasteiger partial charge in [0.25, 0.3) is 0 Å². The molecule has 1 aliphatic carbocycles.